The van der Waals surface area contributed by atoms with Gasteiger partial charge < -0.3 is 24.8 Å². The number of benzene rings is 4. The topological polar surface area (TPSA) is 0 Å². The first-order valence-corrected chi connectivity index (χ1v) is 25.5. The van der Waals surface area contributed by atoms with Crippen LogP contribution in [0.4, 0.5) is 0 Å². The zero-order chi connectivity index (χ0) is 34.0. The number of unbranched alkanes of at least 4 members (excludes halogenated alkanes) is 4. The predicted molar refractivity (Wildman–Crippen MR) is 218 cm³/mol. The van der Waals surface area contributed by atoms with Crippen LogP contribution in [0.1, 0.15) is 109 Å². The summed E-state index contributed by atoms with van der Waals surface area (Å²) in [6.07, 6.45) is 21.8. The van der Waals surface area contributed by atoms with E-state index < -0.39 is 23.2 Å². The minimum absolute atomic E-state index is 0. The van der Waals surface area contributed by atoms with Crippen molar-refractivity contribution in [2.45, 2.75) is 86.3 Å². The van der Waals surface area contributed by atoms with Crippen molar-refractivity contribution in [1.29, 1.82) is 0 Å². The van der Waals surface area contributed by atoms with Crippen molar-refractivity contribution >= 4 is 28.0 Å². The summed E-state index contributed by atoms with van der Waals surface area (Å²) in [7, 11) is -0.258. The molecule has 0 aromatic heterocycles. The van der Waals surface area contributed by atoms with Crippen molar-refractivity contribution in [3.05, 3.63) is 130 Å². The van der Waals surface area contributed by atoms with Crippen molar-refractivity contribution in [2.24, 2.45) is 0 Å². The molecule has 2 aliphatic carbocycles. The summed E-state index contributed by atoms with van der Waals surface area (Å²) in [5, 5.41) is 3.75. The molecule has 2 unspecified atom stereocenters. The van der Waals surface area contributed by atoms with Gasteiger partial charge in [-0.05, 0) is 0 Å². The molecule has 0 aliphatic heterocycles. The molecule has 4 aromatic carbocycles. The summed E-state index contributed by atoms with van der Waals surface area (Å²) in [5.74, 6) is 0. The number of hydrogen-bond donors (Lipinski definition) is 0. The van der Waals surface area contributed by atoms with Crippen molar-refractivity contribution in [3.8, 4) is 22.3 Å². The first-order chi connectivity index (χ1) is 24.2. The average molecular weight is 833 g/mol. The predicted octanol–water partition coefficient (Wildman–Crippen LogP) is 8.77. The molecule has 4 aromatic rings. The van der Waals surface area contributed by atoms with E-state index >= 15 is 0 Å². The summed E-state index contributed by atoms with van der Waals surface area (Å²) >= 11 is -1.03. The molecule has 0 saturated carbocycles. The number of hydrogen-bond acceptors (Lipinski definition) is 0. The second-order valence-electron chi connectivity index (χ2n) is 13.9. The van der Waals surface area contributed by atoms with Crippen LogP contribution in [0.25, 0.3) is 34.4 Å². The Balaban J connectivity index is 0.00000292. The van der Waals surface area contributed by atoms with Crippen LogP contribution in [0.3, 0.4) is 0 Å². The molecule has 0 fully saturated rings. The van der Waals surface area contributed by atoms with Gasteiger partial charge >= 0.3 is 314 Å². The van der Waals surface area contributed by atoms with Gasteiger partial charge in [0.25, 0.3) is 0 Å². The monoisotopic (exact) mass is 830 g/mol. The Morgan fingerprint density at radius 1 is 0.451 bits per heavy atom. The maximum absolute atomic E-state index is 2.76. The summed E-state index contributed by atoms with van der Waals surface area (Å²) in [4.78, 5) is 0. The van der Waals surface area contributed by atoms with Crippen LogP contribution in [0.5, 0.6) is 0 Å². The zero-order valence-electron chi connectivity index (χ0n) is 31.2. The van der Waals surface area contributed by atoms with Gasteiger partial charge in [-0.2, -0.15) is 0 Å². The normalized spacial score (nSPS) is 15.8. The van der Waals surface area contributed by atoms with E-state index in [0.717, 1.165) is 0 Å². The van der Waals surface area contributed by atoms with Crippen molar-refractivity contribution < 1.29 is 48.0 Å². The molecule has 5 heteroatoms. The third-order valence-corrected chi connectivity index (χ3v) is 22.0. The Hall–Kier alpha value is -1.32. The van der Waals surface area contributed by atoms with Crippen molar-refractivity contribution in [1.82, 2.24) is 0 Å². The Morgan fingerprint density at radius 3 is 1.14 bits per heavy atom. The molecule has 268 valence electrons. The van der Waals surface area contributed by atoms with Gasteiger partial charge in [-0.15, -0.1) is 0 Å². The molecule has 6 rings (SSSR count). The van der Waals surface area contributed by atoms with E-state index in [1.807, 2.05) is 10.6 Å². The molecule has 2 aliphatic rings. The van der Waals surface area contributed by atoms with Crippen LogP contribution in [0.15, 0.2) is 108 Å². The van der Waals surface area contributed by atoms with E-state index in [9.17, 15) is 0 Å². The second kappa shape index (κ2) is 21.5. The Labute approximate surface area is 336 Å². The van der Waals surface area contributed by atoms with Crippen LogP contribution in [0, 0.1) is 0 Å². The molecule has 0 bridgehead atoms. The fraction of sp³-hybridized carbons (Fsp3) is 0.391. The van der Waals surface area contributed by atoms with E-state index in [1.54, 1.807) is 22.3 Å². The van der Waals surface area contributed by atoms with Gasteiger partial charge in [-0.25, -0.2) is 0 Å². The van der Waals surface area contributed by atoms with Crippen LogP contribution >= 0.6 is 15.8 Å². The van der Waals surface area contributed by atoms with Gasteiger partial charge in [0.05, 0.1) is 0 Å². The van der Waals surface area contributed by atoms with E-state index in [2.05, 4.69) is 137 Å². The van der Waals surface area contributed by atoms with E-state index in [1.165, 1.54) is 98.3 Å². The summed E-state index contributed by atoms with van der Waals surface area (Å²) in [6.45, 7) is 9.55. The second-order valence-corrected chi connectivity index (χ2v) is 22.5. The largest absolute Gasteiger partial charge is 1.00 e. The molecule has 2 atom stereocenters. The fourth-order valence-corrected chi connectivity index (χ4v) is 21.4. The number of allylic oxidation sites excluding steroid dienone is 2. The molecule has 0 nitrogen and oxygen atoms in total. The Kier molecular flexibility index (Phi) is 17.9. The number of fused-ring (bicyclic) bond motifs is 2. The fourth-order valence-electron chi connectivity index (χ4n) is 7.71. The molecular formula is C46H56Cl2P2Zr. The van der Waals surface area contributed by atoms with Crippen LogP contribution in [-0.4, -0.2) is 24.6 Å². The SMILES string of the molecule is CCCCP(CCCC)C1=Cc2c(-c3ccccc3)cccc2[CH]1[Zr+2][CH]1C(P(CCCC)CCCC)=Cc2c(-c3ccccc3)cccc21.[Cl-].[Cl-]. The first-order valence-electron chi connectivity index (χ1n) is 19.2. The summed E-state index contributed by atoms with van der Waals surface area (Å²) < 4.78 is 1.33. The molecule has 0 saturated heterocycles. The van der Waals surface area contributed by atoms with E-state index in [4.69, 9.17) is 0 Å². The minimum atomic E-state index is -1.03. The Morgan fingerprint density at radius 2 is 0.804 bits per heavy atom. The van der Waals surface area contributed by atoms with Crippen molar-refractivity contribution in [3.63, 3.8) is 0 Å². The Bertz CT molecular complexity index is 1580. The van der Waals surface area contributed by atoms with Gasteiger partial charge in [0, 0.05) is 0 Å². The minimum Gasteiger partial charge on any atom is -1.00 e. The molecule has 0 spiro atoms. The summed E-state index contributed by atoms with van der Waals surface area (Å²) in [5.41, 5.74) is 12.1. The van der Waals surface area contributed by atoms with Crippen LogP contribution in [-0.2, 0) is 23.2 Å². The quantitative estimate of drug-likeness (QED) is 0.0881. The molecular weight excluding hydrogens is 777 g/mol. The van der Waals surface area contributed by atoms with Gasteiger partial charge in [-0.3, -0.25) is 0 Å². The maximum atomic E-state index is 2.76. The smallest absolute Gasteiger partial charge is 1.00 e. The van der Waals surface area contributed by atoms with E-state index in [0.29, 0.717) is 7.25 Å². The van der Waals surface area contributed by atoms with Gasteiger partial charge in [0.1, 0.15) is 0 Å². The molecule has 0 radical (unpaired) electrons. The molecule has 51 heavy (non-hydrogen) atoms. The van der Waals surface area contributed by atoms with Crippen LogP contribution in [0.2, 0.25) is 0 Å². The first kappa shape index (κ1) is 42.4. The van der Waals surface area contributed by atoms with E-state index in [-0.39, 0.29) is 40.7 Å². The van der Waals surface area contributed by atoms with Crippen molar-refractivity contribution in [2.75, 3.05) is 24.6 Å². The maximum Gasteiger partial charge on any atom is -1.00 e. The standard InChI is InChI=1S/2C23H28P.2ClH.Zr/c2*1-3-5-15-24(16-6-4-2)21-17-20-13-10-14-22(23(20)18-21)19-11-8-7-9-12-19;;;/h2*7-14,17-18H,3-6,15-16H2,1-2H3;2*1H;/q;;;;+2/p-2. The van der Waals surface area contributed by atoms with Crippen LogP contribution < -0.4 is 24.8 Å². The average Bonchev–Trinajstić information content (AvgIpc) is 3.71. The molecule has 0 heterocycles. The van der Waals surface area contributed by atoms with Gasteiger partial charge in [0.15, 0.2) is 0 Å². The zero-order valence-corrected chi connectivity index (χ0v) is 36.9. The van der Waals surface area contributed by atoms with Gasteiger partial charge in [0.2, 0.25) is 0 Å². The molecule has 0 N–H and O–H groups in total. The van der Waals surface area contributed by atoms with Gasteiger partial charge in [-0.1, -0.05) is 0 Å². The number of halogens is 2. The third-order valence-electron chi connectivity index (χ3n) is 10.4. The number of rotatable bonds is 18. The summed E-state index contributed by atoms with van der Waals surface area (Å²) in [6, 6.07) is 37.1. The molecule has 0 amide bonds. The third kappa shape index (κ3) is 10.1.